The number of hydrogen-bond donors (Lipinski definition) is 0. The third-order valence-corrected chi connectivity index (χ3v) is 3.39. The molecule has 0 aromatic heterocycles. The van der Waals surface area contributed by atoms with Gasteiger partial charge in [0, 0.05) is 18.6 Å². The minimum atomic E-state index is -0.00813. The predicted octanol–water partition coefficient (Wildman–Crippen LogP) is 3.52. The van der Waals surface area contributed by atoms with E-state index in [-0.39, 0.29) is 5.91 Å². The van der Waals surface area contributed by atoms with Gasteiger partial charge in [-0.2, -0.15) is 0 Å². The molecule has 1 aromatic rings. The zero-order valence-corrected chi connectivity index (χ0v) is 11.7. The zero-order chi connectivity index (χ0) is 13.8. The fourth-order valence-corrected chi connectivity index (χ4v) is 2.40. The van der Waals surface area contributed by atoms with Gasteiger partial charge in [-0.05, 0) is 25.5 Å². The number of benzene rings is 1. The highest BCUT2D eigenvalue weighted by molar-refractivity contribution is 6.18. The average Bonchev–Trinajstić information content (AvgIpc) is 2.45. The number of nitrogens with zero attached hydrogens (tertiary/aromatic N) is 2. The van der Waals surface area contributed by atoms with Crippen molar-refractivity contribution in [3.63, 3.8) is 0 Å². The van der Waals surface area contributed by atoms with Crippen molar-refractivity contribution in [1.82, 2.24) is 0 Å². The van der Waals surface area contributed by atoms with E-state index >= 15 is 0 Å². The maximum Gasteiger partial charge on any atom is 0.274 e. The van der Waals surface area contributed by atoms with Crippen molar-refractivity contribution in [1.29, 1.82) is 0 Å². The normalized spacial score (nSPS) is 16.7. The molecule has 3 nitrogen and oxygen atoms in total. The Morgan fingerprint density at radius 3 is 2.58 bits per heavy atom. The van der Waals surface area contributed by atoms with Crippen LogP contribution >= 0.6 is 11.6 Å². The number of alkyl halides is 1. The molecule has 0 saturated heterocycles. The second-order valence-corrected chi connectivity index (χ2v) is 4.59. The van der Waals surface area contributed by atoms with Crippen LogP contribution in [0.3, 0.4) is 0 Å². The van der Waals surface area contributed by atoms with Gasteiger partial charge < -0.3 is 9.80 Å². The van der Waals surface area contributed by atoms with Gasteiger partial charge in [-0.15, -0.1) is 11.6 Å². The summed E-state index contributed by atoms with van der Waals surface area (Å²) in [5.41, 5.74) is 2.51. The van der Waals surface area contributed by atoms with Gasteiger partial charge in [-0.3, -0.25) is 4.79 Å². The molecule has 0 spiro atoms. The van der Waals surface area contributed by atoms with Crippen LogP contribution in [0.4, 0.5) is 11.4 Å². The van der Waals surface area contributed by atoms with Crippen molar-refractivity contribution in [3.05, 3.63) is 48.8 Å². The number of fused-ring (bicyclic) bond motifs is 1. The number of carbonyl (C=O) groups is 1. The van der Waals surface area contributed by atoms with Crippen molar-refractivity contribution in [3.8, 4) is 0 Å². The van der Waals surface area contributed by atoms with Crippen LogP contribution in [0.1, 0.15) is 13.3 Å². The SMILES string of the molecule is C=CN1/C(=C\C)C(=O)N(CCCCl)c2ccccc21. The third kappa shape index (κ3) is 2.38. The first-order valence-electron chi connectivity index (χ1n) is 6.29. The minimum Gasteiger partial charge on any atom is -0.311 e. The summed E-state index contributed by atoms with van der Waals surface area (Å²) in [6.45, 7) is 6.28. The van der Waals surface area contributed by atoms with Gasteiger partial charge >= 0.3 is 0 Å². The van der Waals surface area contributed by atoms with E-state index in [4.69, 9.17) is 11.6 Å². The van der Waals surface area contributed by atoms with Crippen molar-refractivity contribution in [2.24, 2.45) is 0 Å². The van der Waals surface area contributed by atoms with Crippen LogP contribution in [0.5, 0.6) is 0 Å². The van der Waals surface area contributed by atoms with Crippen LogP contribution in [0.15, 0.2) is 48.8 Å². The fourth-order valence-electron chi connectivity index (χ4n) is 2.28. The molecule has 0 radical (unpaired) electrons. The Labute approximate surface area is 118 Å². The lowest BCUT2D eigenvalue weighted by Crippen LogP contribution is -2.42. The Balaban J connectivity index is 2.51. The highest BCUT2D eigenvalue weighted by Gasteiger charge is 2.31. The van der Waals surface area contributed by atoms with E-state index in [0.717, 1.165) is 17.8 Å². The molecule has 100 valence electrons. The number of allylic oxidation sites excluding steroid dienone is 1. The first kappa shape index (κ1) is 13.7. The smallest absolute Gasteiger partial charge is 0.274 e. The monoisotopic (exact) mass is 276 g/mol. The van der Waals surface area contributed by atoms with Crippen molar-refractivity contribution >= 4 is 28.9 Å². The van der Waals surface area contributed by atoms with Gasteiger partial charge in [0.15, 0.2) is 0 Å². The Bertz CT molecular complexity index is 525. The molecule has 1 aliphatic rings. The Morgan fingerprint density at radius 1 is 1.32 bits per heavy atom. The number of amides is 1. The summed E-state index contributed by atoms with van der Waals surface area (Å²) >= 11 is 5.74. The molecule has 0 aliphatic carbocycles. The fraction of sp³-hybridized carbons (Fsp3) is 0.267. The van der Waals surface area contributed by atoms with E-state index < -0.39 is 0 Å². The maximum atomic E-state index is 12.5. The van der Waals surface area contributed by atoms with Gasteiger partial charge in [0.25, 0.3) is 5.91 Å². The van der Waals surface area contributed by atoms with Crippen LogP contribution in [0.2, 0.25) is 0 Å². The van der Waals surface area contributed by atoms with Crippen LogP contribution in [-0.4, -0.2) is 18.3 Å². The van der Waals surface area contributed by atoms with E-state index in [0.29, 0.717) is 18.1 Å². The highest BCUT2D eigenvalue weighted by Crippen LogP contribution is 2.37. The van der Waals surface area contributed by atoms with Crippen LogP contribution in [0, 0.1) is 0 Å². The summed E-state index contributed by atoms with van der Waals surface area (Å²) in [7, 11) is 0. The largest absolute Gasteiger partial charge is 0.311 e. The zero-order valence-electron chi connectivity index (χ0n) is 11.0. The molecule has 1 heterocycles. The van der Waals surface area contributed by atoms with Gasteiger partial charge in [-0.25, -0.2) is 0 Å². The standard InChI is InChI=1S/C15H17ClN2O/c1-3-12-15(19)18(11-7-10-16)14-9-6-5-8-13(14)17(12)4-2/h3-6,8-9H,2,7,10-11H2,1H3/b12-3-. The van der Waals surface area contributed by atoms with E-state index in [2.05, 4.69) is 6.58 Å². The predicted molar refractivity (Wildman–Crippen MR) is 80.6 cm³/mol. The maximum absolute atomic E-state index is 12.5. The number of para-hydroxylation sites is 2. The summed E-state index contributed by atoms with van der Waals surface area (Å²) in [4.78, 5) is 16.1. The van der Waals surface area contributed by atoms with E-state index in [1.807, 2.05) is 42.2 Å². The topological polar surface area (TPSA) is 23.6 Å². The van der Waals surface area contributed by atoms with Crippen LogP contribution < -0.4 is 9.80 Å². The van der Waals surface area contributed by atoms with Gasteiger partial charge in [0.1, 0.15) is 5.70 Å². The van der Waals surface area contributed by atoms with Crippen molar-refractivity contribution < 1.29 is 4.79 Å². The van der Waals surface area contributed by atoms with Gasteiger partial charge in [0.05, 0.1) is 11.4 Å². The summed E-state index contributed by atoms with van der Waals surface area (Å²) in [6, 6.07) is 7.82. The molecule has 0 bridgehead atoms. The number of carbonyl (C=O) groups excluding carboxylic acids is 1. The first-order valence-corrected chi connectivity index (χ1v) is 6.83. The lowest BCUT2D eigenvalue weighted by molar-refractivity contribution is -0.115. The number of halogens is 1. The Kier molecular flexibility index (Phi) is 4.27. The quantitative estimate of drug-likeness (QED) is 0.621. The van der Waals surface area contributed by atoms with E-state index in [9.17, 15) is 4.79 Å². The number of anilines is 2. The lowest BCUT2D eigenvalue weighted by Gasteiger charge is -2.37. The molecule has 0 unspecified atom stereocenters. The summed E-state index contributed by atoms with van der Waals surface area (Å²) in [6.07, 6.45) is 4.26. The lowest BCUT2D eigenvalue weighted by atomic mass is 10.1. The van der Waals surface area contributed by atoms with Gasteiger partial charge in [-0.1, -0.05) is 24.8 Å². The molecule has 0 N–H and O–H groups in total. The molecule has 1 amide bonds. The summed E-state index contributed by atoms with van der Waals surface area (Å²) < 4.78 is 0. The average molecular weight is 277 g/mol. The first-order chi connectivity index (χ1) is 9.24. The molecule has 1 aliphatic heterocycles. The molecule has 0 saturated carbocycles. The van der Waals surface area contributed by atoms with Gasteiger partial charge in [0.2, 0.25) is 0 Å². The Hall–Kier alpha value is -1.74. The molecule has 2 rings (SSSR count). The summed E-state index contributed by atoms with van der Waals surface area (Å²) in [5, 5.41) is 0. The van der Waals surface area contributed by atoms with E-state index in [1.165, 1.54) is 0 Å². The number of rotatable bonds is 4. The van der Waals surface area contributed by atoms with Crippen molar-refractivity contribution in [2.45, 2.75) is 13.3 Å². The summed E-state index contributed by atoms with van der Waals surface area (Å²) in [5.74, 6) is 0.536. The second-order valence-electron chi connectivity index (χ2n) is 4.21. The number of hydrogen-bond acceptors (Lipinski definition) is 2. The minimum absolute atomic E-state index is 0.00813. The molecular weight excluding hydrogens is 260 g/mol. The highest BCUT2D eigenvalue weighted by atomic mass is 35.5. The van der Waals surface area contributed by atoms with Crippen LogP contribution in [-0.2, 0) is 4.79 Å². The molecule has 1 aromatic carbocycles. The van der Waals surface area contributed by atoms with Crippen molar-refractivity contribution in [2.75, 3.05) is 22.2 Å². The van der Waals surface area contributed by atoms with E-state index in [1.54, 1.807) is 11.1 Å². The molecule has 0 atom stereocenters. The molecule has 0 fully saturated rings. The molecular formula is C15H17ClN2O. The molecule has 19 heavy (non-hydrogen) atoms. The Morgan fingerprint density at radius 2 is 2.00 bits per heavy atom. The third-order valence-electron chi connectivity index (χ3n) is 3.13. The molecule has 4 heteroatoms. The second kappa shape index (κ2) is 5.93. The van der Waals surface area contributed by atoms with Crippen LogP contribution in [0.25, 0.3) is 0 Å².